The molecule has 2 unspecified atom stereocenters. The van der Waals surface area contributed by atoms with Crippen LogP contribution in [0, 0.1) is 12.8 Å². The Hall–Kier alpha value is -1.31. The van der Waals surface area contributed by atoms with Crippen molar-refractivity contribution in [2.75, 3.05) is 16.3 Å². The largest absolute Gasteiger partial charge is 0.326 e. The lowest BCUT2D eigenvalue weighted by Crippen LogP contribution is -2.39. The zero-order valence-corrected chi connectivity index (χ0v) is 16.2. The van der Waals surface area contributed by atoms with Gasteiger partial charge in [-0.15, -0.1) is 12.4 Å². The van der Waals surface area contributed by atoms with Gasteiger partial charge in [0.25, 0.3) is 0 Å². The van der Waals surface area contributed by atoms with E-state index in [2.05, 4.69) is 15.4 Å². The van der Waals surface area contributed by atoms with Gasteiger partial charge in [-0.05, 0) is 56.2 Å². The van der Waals surface area contributed by atoms with Crippen LogP contribution in [-0.4, -0.2) is 32.7 Å². The van der Waals surface area contributed by atoms with E-state index in [0.29, 0.717) is 35.8 Å². The molecule has 1 aromatic rings. The topological polar surface area (TPSA) is 87.3 Å². The van der Waals surface area contributed by atoms with Crippen LogP contribution in [0.1, 0.15) is 37.7 Å². The van der Waals surface area contributed by atoms with Crippen molar-refractivity contribution in [1.29, 1.82) is 0 Å². The van der Waals surface area contributed by atoms with E-state index in [1.807, 2.05) is 6.92 Å². The maximum atomic E-state index is 12.3. The number of piperidine rings is 1. The Morgan fingerprint density at radius 1 is 1.24 bits per heavy atom. The molecular formula is C17H26ClN3O3S. The second-order valence-corrected chi connectivity index (χ2v) is 8.88. The van der Waals surface area contributed by atoms with E-state index in [9.17, 15) is 13.2 Å². The Labute approximate surface area is 155 Å². The summed E-state index contributed by atoms with van der Waals surface area (Å²) in [5.41, 5.74) is 1.93. The van der Waals surface area contributed by atoms with Crippen LogP contribution in [0.3, 0.4) is 0 Å². The maximum absolute atomic E-state index is 12.3. The Bertz CT molecular complexity index is 727. The van der Waals surface area contributed by atoms with Gasteiger partial charge in [-0.25, -0.2) is 8.42 Å². The van der Waals surface area contributed by atoms with Gasteiger partial charge < -0.3 is 10.6 Å². The van der Waals surface area contributed by atoms with Crippen LogP contribution >= 0.6 is 12.4 Å². The molecule has 0 aliphatic carbocycles. The van der Waals surface area contributed by atoms with Crippen LogP contribution in [0.4, 0.5) is 11.4 Å². The van der Waals surface area contributed by atoms with Gasteiger partial charge in [-0.1, -0.05) is 6.07 Å². The van der Waals surface area contributed by atoms with E-state index in [1.54, 1.807) is 18.2 Å². The number of sulfonamides is 1. The molecule has 2 aliphatic heterocycles. The van der Waals surface area contributed by atoms with E-state index >= 15 is 0 Å². The molecule has 2 heterocycles. The predicted molar refractivity (Wildman–Crippen MR) is 103 cm³/mol. The number of carbonyl (C=O) groups excluding carboxylic acids is 1. The van der Waals surface area contributed by atoms with Crippen molar-refractivity contribution < 1.29 is 13.2 Å². The molecule has 2 saturated heterocycles. The van der Waals surface area contributed by atoms with Crippen LogP contribution in [-0.2, 0) is 14.8 Å². The molecule has 0 aromatic heterocycles. The van der Waals surface area contributed by atoms with Gasteiger partial charge in [0.15, 0.2) is 0 Å². The third-order valence-electron chi connectivity index (χ3n) is 4.86. The zero-order valence-electron chi connectivity index (χ0n) is 14.5. The summed E-state index contributed by atoms with van der Waals surface area (Å²) in [4.78, 5) is 12.3. The highest BCUT2D eigenvalue weighted by molar-refractivity contribution is 7.92. The number of benzene rings is 1. The molecular weight excluding hydrogens is 362 g/mol. The highest BCUT2D eigenvalue weighted by atomic mass is 35.5. The van der Waals surface area contributed by atoms with Crippen molar-refractivity contribution in [2.24, 2.45) is 5.92 Å². The number of halogens is 1. The van der Waals surface area contributed by atoms with Crippen LogP contribution in [0.15, 0.2) is 18.2 Å². The average molecular weight is 388 g/mol. The quantitative estimate of drug-likeness (QED) is 0.724. The number of carbonyl (C=O) groups is 1. The van der Waals surface area contributed by atoms with Gasteiger partial charge in [0.1, 0.15) is 0 Å². The molecule has 140 valence electrons. The summed E-state index contributed by atoms with van der Waals surface area (Å²) in [7, 11) is -3.34. The van der Waals surface area contributed by atoms with Gasteiger partial charge in [0.2, 0.25) is 15.9 Å². The molecule has 25 heavy (non-hydrogen) atoms. The van der Waals surface area contributed by atoms with E-state index < -0.39 is 10.0 Å². The van der Waals surface area contributed by atoms with E-state index in [0.717, 1.165) is 24.7 Å². The van der Waals surface area contributed by atoms with E-state index in [4.69, 9.17) is 0 Å². The molecule has 3 N–H and O–H groups in total. The molecule has 2 atom stereocenters. The first kappa shape index (κ1) is 20.0. The van der Waals surface area contributed by atoms with Crippen molar-refractivity contribution >= 4 is 39.7 Å². The van der Waals surface area contributed by atoms with Crippen LogP contribution in [0.25, 0.3) is 0 Å². The van der Waals surface area contributed by atoms with Crippen LogP contribution in [0.5, 0.6) is 0 Å². The third-order valence-corrected chi connectivity index (χ3v) is 5.45. The number of aryl methyl sites for hydroxylation is 1. The van der Waals surface area contributed by atoms with Crippen LogP contribution in [0.2, 0.25) is 0 Å². The lowest BCUT2D eigenvalue weighted by atomic mass is 9.89. The van der Waals surface area contributed by atoms with Gasteiger partial charge >= 0.3 is 0 Å². The number of rotatable bonds is 5. The highest BCUT2D eigenvalue weighted by Crippen LogP contribution is 2.33. The molecule has 6 nitrogen and oxygen atoms in total. The first-order valence-corrected chi connectivity index (χ1v) is 10.3. The summed E-state index contributed by atoms with van der Waals surface area (Å²) in [6.45, 7) is 1.82. The van der Waals surface area contributed by atoms with Crippen molar-refractivity contribution in [3.05, 3.63) is 23.8 Å². The fourth-order valence-corrected chi connectivity index (χ4v) is 4.44. The van der Waals surface area contributed by atoms with Gasteiger partial charge in [0, 0.05) is 24.2 Å². The van der Waals surface area contributed by atoms with Gasteiger partial charge in [-0.3, -0.25) is 9.52 Å². The summed E-state index contributed by atoms with van der Waals surface area (Å²) < 4.78 is 25.3. The highest BCUT2D eigenvalue weighted by Gasteiger charge is 2.34. The normalized spacial score (nSPS) is 25.1. The smallest absolute Gasteiger partial charge is 0.229 e. The summed E-state index contributed by atoms with van der Waals surface area (Å²) >= 11 is 0. The number of hydrogen-bond acceptors (Lipinski definition) is 4. The number of nitrogens with one attached hydrogen (secondary N) is 3. The molecule has 0 saturated carbocycles. The summed E-state index contributed by atoms with van der Waals surface area (Å²) in [6, 6.07) is 6.42. The number of anilines is 2. The molecule has 3 rings (SSSR count). The van der Waals surface area contributed by atoms with Crippen molar-refractivity contribution in [2.45, 2.75) is 51.1 Å². The fourth-order valence-electron chi connectivity index (χ4n) is 3.83. The second-order valence-electron chi connectivity index (χ2n) is 7.13. The standard InChI is InChI=1S/C17H25N3O3S.ClH/c1-11-3-4-15(10-16(11)20-24(2,22)23)19-17(21)9-12-7-13-5-6-14(8-12)18-13;/h3-4,10,12-14,18,20H,5-9H2,1-2H3,(H,19,21);1H. The van der Waals surface area contributed by atoms with Crippen molar-refractivity contribution in [3.63, 3.8) is 0 Å². The summed E-state index contributed by atoms with van der Waals surface area (Å²) in [5.74, 6) is 0.429. The third kappa shape index (κ3) is 5.59. The molecule has 8 heteroatoms. The molecule has 0 radical (unpaired) electrons. The zero-order chi connectivity index (χ0) is 17.3. The van der Waals surface area contributed by atoms with E-state index in [-0.39, 0.29) is 18.3 Å². The van der Waals surface area contributed by atoms with Crippen LogP contribution < -0.4 is 15.4 Å². The minimum atomic E-state index is -3.34. The first-order valence-electron chi connectivity index (χ1n) is 8.43. The minimum Gasteiger partial charge on any atom is -0.326 e. The number of hydrogen-bond donors (Lipinski definition) is 3. The molecule has 1 amide bonds. The predicted octanol–water partition coefficient (Wildman–Crippen LogP) is 2.65. The van der Waals surface area contributed by atoms with Gasteiger partial charge in [-0.2, -0.15) is 0 Å². The Kier molecular flexibility index (Phi) is 6.35. The lowest BCUT2D eigenvalue weighted by molar-refractivity contribution is -0.117. The SMILES string of the molecule is Cc1ccc(NC(=O)CC2CC3CCC(C2)N3)cc1NS(C)(=O)=O.Cl. The molecule has 2 bridgehead atoms. The summed E-state index contributed by atoms with van der Waals surface area (Å²) in [5, 5.41) is 6.48. The Morgan fingerprint density at radius 2 is 1.88 bits per heavy atom. The van der Waals surface area contributed by atoms with E-state index in [1.165, 1.54) is 12.8 Å². The number of amides is 1. The summed E-state index contributed by atoms with van der Waals surface area (Å²) in [6.07, 6.45) is 6.22. The molecule has 2 fully saturated rings. The second kappa shape index (κ2) is 7.93. The molecule has 2 aliphatic rings. The minimum absolute atomic E-state index is 0. The molecule has 0 spiro atoms. The van der Waals surface area contributed by atoms with Crippen molar-refractivity contribution in [3.8, 4) is 0 Å². The maximum Gasteiger partial charge on any atom is 0.229 e. The molecule has 1 aromatic carbocycles. The monoisotopic (exact) mass is 387 g/mol. The van der Waals surface area contributed by atoms with Gasteiger partial charge in [0.05, 0.1) is 11.9 Å². The Balaban J connectivity index is 0.00000225. The lowest BCUT2D eigenvalue weighted by Gasteiger charge is -2.28. The fraction of sp³-hybridized carbons (Fsp3) is 0.588. The van der Waals surface area contributed by atoms with Crippen molar-refractivity contribution in [1.82, 2.24) is 5.32 Å². The Morgan fingerprint density at radius 3 is 2.48 bits per heavy atom. The average Bonchev–Trinajstić information content (AvgIpc) is 2.80. The number of fused-ring (bicyclic) bond motifs is 2. The first-order chi connectivity index (χ1) is 11.3.